The Morgan fingerprint density at radius 1 is 1.33 bits per heavy atom. The molecule has 0 bridgehead atoms. The van der Waals surface area contributed by atoms with Gasteiger partial charge in [-0.3, -0.25) is 4.79 Å². The zero-order valence-corrected chi connectivity index (χ0v) is 11.7. The highest BCUT2D eigenvalue weighted by Gasteiger charge is 2.39. The molecule has 2 rings (SSSR count). The molecule has 0 aliphatic heterocycles. The van der Waals surface area contributed by atoms with Crippen LogP contribution in [-0.4, -0.2) is 49.1 Å². The summed E-state index contributed by atoms with van der Waals surface area (Å²) in [5, 5.41) is 9.64. The Kier molecular flexibility index (Phi) is 5.44. The molecule has 1 aromatic rings. The SMILES string of the molecule is COCO[C@H]1C[C@H](O)CC(=O)[C@H]1OC(=O)c1ccccc1. The lowest BCUT2D eigenvalue weighted by Gasteiger charge is -2.32. The minimum absolute atomic E-state index is 0.0376. The van der Waals surface area contributed by atoms with Crippen LogP contribution in [0.3, 0.4) is 0 Å². The summed E-state index contributed by atoms with van der Waals surface area (Å²) >= 11 is 0. The number of Topliss-reactive ketones (excluding diaryl/α,β-unsaturated/α-hetero) is 1. The van der Waals surface area contributed by atoms with Gasteiger partial charge in [0.25, 0.3) is 0 Å². The summed E-state index contributed by atoms with van der Waals surface area (Å²) in [6.07, 6.45) is -2.32. The first-order chi connectivity index (χ1) is 10.1. The predicted molar refractivity (Wildman–Crippen MR) is 72.6 cm³/mol. The van der Waals surface area contributed by atoms with E-state index in [2.05, 4.69) is 0 Å². The smallest absolute Gasteiger partial charge is 0.338 e. The second-order valence-corrected chi connectivity index (χ2v) is 4.86. The fourth-order valence-corrected chi connectivity index (χ4v) is 2.24. The molecule has 6 nitrogen and oxygen atoms in total. The molecule has 0 amide bonds. The number of carbonyl (C=O) groups excluding carboxylic acids is 2. The summed E-state index contributed by atoms with van der Waals surface area (Å²) in [6, 6.07) is 8.41. The highest BCUT2D eigenvalue weighted by Crippen LogP contribution is 2.23. The van der Waals surface area contributed by atoms with Gasteiger partial charge in [-0.15, -0.1) is 0 Å². The molecule has 114 valence electrons. The maximum absolute atomic E-state index is 12.0. The Bertz CT molecular complexity index is 486. The van der Waals surface area contributed by atoms with Gasteiger partial charge in [0.15, 0.2) is 11.9 Å². The van der Waals surface area contributed by atoms with E-state index in [0.29, 0.717) is 5.56 Å². The van der Waals surface area contributed by atoms with Crippen LogP contribution in [0.2, 0.25) is 0 Å². The second kappa shape index (κ2) is 7.31. The van der Waals surface area contributed by atoms with Crippen LogP contribution in [0, 0.1) is 0 Å². The van der Waals surface area contributed by atoms with Gasteiger partial charge < -0.3 is 19.3 Å². The van der Waals surface area contributed by atoms with E-state index in [-0.39, 0.29) is 25.4 Å². The minimum atomic E-state index is -1.02. The molecule has 3 atom stereocenters. The minimum Gasteiger partial charge on any atom is -0.448 e. The topological polar surface area (TPSA) is 82.1 Å². The van der Waals surface area contributed by atoms with Crippen LogP contribution in [0.4, 0.5) is 0 Å². The number of carbonyl (C=O) groups is 2. The summed E-state index contributed by atoms with van der Waals surface area (Å²) in [5.41, 5.74) is 0.363. The van der Waals surface area contributed by atoms with Gasteiger partial charge >= 0.3 is 5.97 Å². The summed E-state index contributed by atoms with van der Waals surface area (Å²) in [5.74, 6) is -0.935. The number of aliphatic hydroxyl groups is 1. The third-order valence-electron chi connectivity index (χ3n) is 3.24. The van der Waals surface area contributed by atoms with Crippen molar-refractivity contribution in [2.24, 2.45) is 0 Å². The monoisotopic (exact) mass is 294 g/mol. The molecule has 0 radical (unpaired) electrons. The van der Waals surface area contributed by atoms with Crippen molar-refractivity contribution >= 4 is 11.8 Å². The fourth-order valence-electron chi connectivity index (χ4n) is 2.24. The van der Waals surface area contributed by atoms with Crippen LogP contribution in [0.25, 0.3) is 0 Å². The standard InChI is InChI=1S/C15H18O6/c1-19-9-20-13-8-11(16)7-12(17)14(13)21-15(18)10-5-3-2-4-6-10/h2-6,11,13-14,16H,7-9H2,1H3/t11-,13+,14-/m1/s1. The lowest BCUT2D eigenvalue weighted by Crippen LogP contribution is -2.47. The van der Waals surface area contributed by atoms with Crippen molar-refractivity contribution in [2.45, 2.75) is 31.2 Å². The average molecular weight is 294 g/mol. The van der Waals surface area contributed by atoms with Gasteiger partial charge in [0, 0.05) is 20.0 Å². The van der Waals surface area contributed by atoms with Gasteiger partial charge in [0.2, 0.25) is 0 Å². The number of hydrogen-bond acceptors (Lipinski definition) is 6. The van der Waals surface area contributed by atoms with Crippen molar-refractivity contribution in [1.82, 2.24) is 0 Å². The lowest BCUT2D eigenvalue weighted by molar-refractivity contribution is -0.162. The molecule has 0 aromatic heterocycles. The van der Waals surface area contributed by atoms with Gasteiger partial charge in [0.1, 0.15) is 12.9 Å². The van der Waals surface area contributed by atoms with Gasteiger partial charge in [-0.2, -0.15) is 0 Å². The molecule has 1 N–H and O–H groups in total. The Morgan fingerprint density at radius 2 is 2.05 bits per heavy atom. The van der Waals surface area contributed by atoms with Gasteiger partial charge in [-0.25, -0.2) is 4.79 Å². The third-order valence-corrected chi connectivity index (χ3v) is 3.24. The van der Waals surface area contributed by atoms with E-state index in [0.717, 1.165) is 0 Å². The number of hydrogen-bond donors (Lipinski definition) is 1. The fraction of sp³-hybridized carbons (Fsp3) is 0.467. The Hall–Kier alpha value is -1.76. The average Bonchev–Trinajstić information content (AvgIpc) is 2.48. The molecule has 1 aliphatic rings. The van der Waals surface area contributed by atoms with Crippen molar-refractivity contribution in [3.8, 4) is 0 Å². The maximum Gasteiger partial charge on any atom is 0.338 e. The van der Waals surface area contributed by atoms with Crippen LogP contribution in [0.1, 0.15) is 23.2 Å². The molecule has 1 aliphatic carbocycles. The molecule has 0 saturated heterocycles. The Morgan fingerprint density at radius 3 is 2.71 bits per heavy atom. The first-order valence-electron chi connectivity index (χ1n) is 6.69. The summed E-state index contributed by atoms with van der Waals surface area (Å²) < 4.78 is 15.4. The number of esters is 1. The zero-order valence-electron chi connectivity index (χ0n) is 11.7. The van der Waals surface area contributed by atoms with Crippen LogP contribution in [0.15, 0.2) is 30.3 Å². The molecule has 6 heteroatoms. The third kappa shape index (κ3) is 4.10. The van der Waals surface area contributed by atoms with Crippen LogP contribution >= 0.6 is 0 Å². The molecule has 0 spiro atoms. The maximum atomic E-state index is 12.0. The highest BCUT2D eigenvalue weighted by molar-refractivity contribution is 5.93. The first kappa shape index (κ1) is 15.6. The van der Waals surface area contributed by atoms with Crippen molar-refractivity contribution in [3.05, 3.63) is 35.9 Å². The molecule has 0 unspecified atom stereocenters. The normalized spacial score (nSPS) is 25.6. The van der Waals surface area contributed by atoms with E-state index in [1.165, 1.54) is 7.11 Å². The lowest BCUT2D eigenvalue weighted by atomic mass is 9.91. The Labute approximate surface area is 122 Å². The van der Waals surface area contributed by atoms with Crippen molar-refractivity contribution in [1.29, 1.82) is 0 Å². The zero-order chi connectivity index (χ0) is 15.2. The van der Waals surface area contributed by atoms with Crippen LogP contribution in [0.5, 0.6) is 0 Å². The highest BCUT2D eigenvalue weighted by atomic mass is 16.7. The number of ether oxygens (including phenoxy) is 3. The summed E-state index contributed by atoms with van der Waals surface area (Å²) in [6.45, 7) is -0.0376. The largest absolute Gasteiger partial charge is 0.448 e. The number of aliphatic hydroxyl groups excluding tert-OH is 1. The second-order valence-electron chi connectivity index (χ2n) is 4.86. The van der Waals surface area contributed by atoms with Crippen molar-refractivity contribution in [3.63, 3.8) is 0 Å². The number of ketones is 1. The quantitative estimate of drug-likeness (QED) is 0.642. The number of rotatable bonds is 5. The van der Waals surface area contributed by atoms with E-state index >= 15 is 0 Å². The number of benzene rings is 1. The van der Waals surface area contributed by atoms with Gasteiger partial charge in [0.05, 0.1) is 11.7 Å². The van der Waals surface area contributed by atoms with E-state index in [1.54, 1.807) is 30.3 Å². The first-order valence-corrected chi connectivity index (χ1v) is 6.69. The Balaban J connectivity index is 2.07. The molecule has 1 fully saturated rings. The van der Waals surface area contributed by atoms with Crippen molar-refractivity contribution < 1.29 is 28.9 Å². The molecule has 1 aromatic carbocycles. The summed E-state index contributed by atoms with van der Waals surface area (Å²) in [4.78, 5) is 24.0. The van der Waals surface area contributed by atoms with E-state index in [9.17, 15) is 14.7 Å². The van der Waals surface area contributed by atoms with E-state index in [4.69, 9.17) is 14.2 Å². The molecule has 1 saturated carbocycles. The number of methoxy groups -OCH3 is 1. The summed E-state index contributed by atoms with van der Waals surface area (Å²) in [7, 11) is 1.45. The van der Waals surface area contributed by atoms with Crippen LogP contribution < -0.4 is 0 Å². The molecular formula is C15H18O6. The van der Waals surface area contributed by atoms with E-state index in [1.807, 2.05) is 0 Å². The molecule has 21 heavy (non-hydrogen) atoms. The van der Waals surface area contributed by atoms with Gasteiger partial charge in [-0.1, -0.05) is 18.2 Å². The van der Waals surface area contributed by atoms with Gasteiger partial charge in [-0.05, 0) is 12.1 Å². The predicted octanol–water partition coefficient (Wildman–Crippen LogP) is 0.925. The molecular weight excluding hydrogens is 276 g/mol. The van der Waals surface area contributed by atoms with Crippen molar-refractivity contribution in [2.75, 3.05) is 13.9 Å². The molecule has 0 heterocycles. The van der Waals surface area contributed by atoms with Crippen LogP contribution in [-0.2, 0) is 19.0 Å². The van der Waals surface area contributed by atoms with E-state index < -0.39 is 24.3 Å².